The Bertz CT molecular complexity index is 294. The van der Waals surface area contributed by atoms with Crippen LogP contribution in [0.1, 0.15) is 32.1 Å². The summed E-state index contributed by atoms with van der Waals surface area (Å²) < 4.78 is 7.17. The third-order valence-electron chi connectivity index (χ3n) is 3.21. The SMILES string of the molecule is COC(=O)N1CCC[N+]2=C1CCCCC2.O.[Cl-]. The Morgan fingerprint density at radius 1 is 1.24 bits per heavy atom. The van der Waals surface area contributed by atoms with Crippen molar-refractivity contribution in [2.45, 2.75) is 32.1 Å². The molecule has 0 radical (unpaired) electrons. The number of rotatable bonds is 0. The van der Waals surface area contributed by atoms with Gasteiger partial charge in [0.2, 0.25) is 0 Å². The Morgan fingerprint density at radius 3 is 2.65 bits per heavy atom. The van der Waals surface area contributed by atoms with E-state index in [2.05, 4.69) is 4.58 Å². The lowest BCUT2D eigenvalue weighted by atomic mass is 10.2. The second-order valence-electron chi connectivity index (χ2n) is 4.19. The van der Waals surface area contributed by atoms with Crippen LogP contribution in [0.4, 0.5) is 4.79 Å². The lowest BCUT2D eigenvalue weighted by molar-refractivity contribution is -0.538. The molecule has 0 unspecified atom stereocenters. The average Bonchev–Trinajstić information content (AvgIpc) is 2.52. The standard InChI is InChI=1S/C11H19N2O2.ClH.H2O/c1-15-11(14)13-9-5-8-12-7-4-2-3-6-10(12)13;;/h2-9H2,1H3;1H;1H2/q+1;;/p-1. The summed E-state index contributed by atoms with van der Waals surface area (Å²) in [5.41, 5.74) is 0. The van der Waals surface area contributed by atoms with Crippen molar-refractivity contribution in [3.8, 4) is 0 Å². The smallest absolute Gasteiger partial charge is 0.506 e. The summed E-state index contributed by atoms with van der Waals surface area (Å²) in [6, 6.07) is 0. The minimum atomic E-state index is -0.198. The van der Waals surface area contributed by atoms with Gasteiger partial charge >= 0.3 is 6.09 Å². The van der Waals surface area contributed by atoms with Crippen LogP contribution in [-0.4, -0.2) is 53.6 Å². The molecule has 0 saturated heterocycles. The highest BCUT2D eigenvalue weighted by Crippen LogP contribution is 2.15. The monoisotopic (exact) mass is 264 g/mol. The molecule has 2 rings (SSSR count). The van der Waals surface area contributed by atoms with Crippen LogP contribution in [0.15, 0.2) is 0 Å². The molecular formula is C11H21ClN2O3. The second-order valence-corrected chi connectivity index (χ2v) is 4.19. The van der Waals surface area contributed by atoms with Gasteiger partial charge in [0.25, 0.3) is 5.84 Å². The number of amides is 1. The molecule has 0 aliphatic carbocycles. The van der Waals surface area contributed by atoms with Gasteiger partial charge in [0.05, 0.1) is 20.2 Å². The maximum atomic E-state index is 11.6. The molecule has 17 heavy (non-hydrogen) atoms. The van der Waals surface area contributed by atoms with E-state index in [9.17, 15) is 4.79 Å². The molecule has 2 aliphatic heterocycles. The Hall–Kier alpha value is -0.810. The Kier molecular flexibility index (Phi) is 7.15. The summed E-state index contributed by atoms with van der Waals surface area (Å²) in [5.74, 6) is 1.19. The first-order valence-corrected chi connectivity index (χ1v) is 5.79. The van der Waals surface area contributed by atoms with Crippen molar-refractivity contribution >= 4 is 11.9 Å². The quantitative estimate of drug-likeness (QED) is 0.459. The highest BCUT2D eigenvalue weighted by Gasteiger charge is 2.34. The molecule has 0 aromatic heterocycles. The highest BCUT2D eigenvalue weighted by atomic mass is 35.5. The number of hydrogen-bond donors (Lipinski definition) is 0. The van der Waals surface area contributed by atoms with E-state index in [0.717, 1.165) is 32.5 Å². The molecule has 100 valence electrons. The first kappa shape index (κ1) is 16.2. The first-order chi connectivity index (χ1) is 7.33. The van der Waals surface area contributed by atoms with Crippen LogP contribution < -0.4 is 12.4 Å². The minimum absolute atomic E-state index is 0. The van der Waals surface area contributed by atoms with Gasteiger partial charge in [-0.25, -0.2) is 0 Å². The molecule has 0 aromatic rings. The van der Waals surface area contributed by atoms with Crippen molar-refractivity contribution in [3.05, 3.63) is 0 Å². The number of halogens is 1. The fourth-order valence-corrected chi connectivity index (χ4v) is 2.45. The zero-order valence-corrected chi connectivity index (χ0v) is 11.0. The molecule has 0 atom stereocenters. The van der Waals surface area contributed by atoms with E-state index in [4.69, 9.17) is 4.74 Å². The van der Waals surface area contributed by atoms with Crippen LogP contribution in [0.3, 0.4) is 0 Å². The zero-order chi connectivity index (χ0) is 10.7. The van der Waals surface area contributed by atoms with Gasteiger partial charge in [-0.1, -0.05) is 0 Å². The Morgan fingerprint density at radius 2 is 1.94 bits per heavy atom. The number of amidine groups is 1. The Balaban J connectivity index is 0.00000128. The van der Waals surface area contributed by atoms with Crippen LogP contribution in [0.5, 0.6) is 0 Å². The molecule has 0 aromatic carbocycles. The van der Waals surface area contributed by atoms with Gasteiger partial charge in [0.1, 0.15) is 6.54 Å². The summed E-state index contributed by atoms with van der Waals surface area (Å²) in [6.07, 6.45) is 5.59. The van der Waals surface area contributed by atoms with Gasteiger partial charge in [-0.15, -0.1) is 0 Å². The predicted octanol–water partition coefficient (Wildman–Crippen LogP) is -2.38. The van der Waals surface area contributed by atoms with Crippen LogP contribution in [-0.2, 0) is 4.74 Å². The lowest BCUT2D eigenvalue weighted by Gasteiger charge is -2.23. The number of carbonyl (C=O) groups excluding carboxylic acids is 1. The number of methoxy groups -OCH3 is 1. The van der Waals surface area contributed by atoms with Gasteiger partial charge in [-0.2, -0.15) is 9.69 Å². The maximum Gasteiger partial charge on any atom is 0.506 e. The van der Waals surface area contributed by atoms with E-state index in [1.54, 1.807) is 0 Å². The molecule has 0 saturated carbocycles. The normalized spacial score (nSPS) is 19.5. The van der Waals surface area contributed by atoms with Crippen LogP contribution in [0.2, 0.25) is 0 Å². The zero-order valence-electron chi connectivity index (χ0n) is 10.2. The molecule has 0 spiro atoms. The third-order valence-corrected chi connectivity index (χ3v) is 3.21. The van der Waals surface area contributed by atoms with Crippen molar-refractivity contribution in [2.24, 2.45) is 0 Å². The third kappa shape index (κ3) is 3.57. The molecule has 0 bridgehead atoms. The fourth-order valence-electron chi connectivity index (χ4n) is 2.45. The molecule has 5 nitrogen and oxygen atoms in total. The summed E-state index contributed by atoms with van der Waals surface area (Å²) in [6.45, 7) is 3.02. The number of ether oxygens (including phenoxy) is 1. The van der Waals surface area contributed by atoms with Crippen molar-refractivity contribution in [3.63, 3.8) is 0 Å². The fraction of sp³-hybridized carbons (Fsp3) is 0.818. The molecular weight excluding hydrogens is 244 g/mol. The second kappa shape index (κ2) is 7.50. The Labute approximate surface area is 108 Å². The first-order valence-electron chi connectivity index (χ1n) is 5.79. The minimum Gasteiger partial charge on any atom is -1.00 e. The number of nitrogens with zero attached hydrogens (tertiary/aromatic N) is 2. The highest BCUT2D eigenvalue weighted by molar-refractivity contribution is 5.92. The van der Waals surface area contributed by atoms with Crippen molar-refractivity contribution in [2.75, 3.05) is 26.7 Å². The van der Waals surface area contributed by atoms with E-state index in [-0.39, 0.29) is 24.0 Å². The van der Waals surface area contributed by atoms with Gasteiger partial charge in [-0.3, -0.25) is 4.58 Å². The summed E-state index contributed by atoms with van der Waals surface area (Å²) >= 11 is 0. The topological polar surface area (TPSA) is 64.0 Å². The van der Waals surface area contributed by atoms with E-state index >= 15 is 0 Å². The van der Waals surface area contributed by atoms with E-state index in [1.165, 1.54) is 32.2 Å². The largest absolute Gasteiger partial charge is 1.00 e. The molecule has 0 fully saturated rings. The average molecular weight is 265 g/mol. The summed E-state index contributed by atoms with van der Waals surface area (Å²) in [5, 5.41) is 0. The van der Waals surface area contributed by atoms with E-state index < -0.39 is 0 Å². The molecule has 1 amide bonds. The van der Waals surface area contributed by atoms with Crippen LogP contribution in [0, 0.1) is 0 Å². The molecule has 2 N–H and O–H groups in total. The lowest BCUT2D eigenvalue weighted by Crippen LogP contribution is -3.00. The molecule has 2 aliphatic rings. The van der Waals surface area contributed by atoms with E-state index in [1.807, 2.05) is 4.90 Å². The number of hydrogen-bond acceptors (Lipinski definition) is 2. The number of carbonyl (C=O) groups is 1. The predicted molar refractivity (Wildman–Crippen MR) is 60.8 cm³/mol. The van der Waals surface area contributed by atoms with Crippen LogP contribution >= 0.6 is 0 Å². The maximum absolute atomic E-state index is 11.6. The van der Waals surface area contributed by atoms with Crippen molar-refractivity contribution in [1.29, 1.82) is 0 Å². The van der Waals surface area contributed by atoms with Gasteiger partial charge < -0.3 is 22.6 Å². The van der Waals surface area contributed by atoms with Crippen molar-refractivity contribution < 1.29 is 32.0 Å². The van der Waals surface area contributed by atoms with Gasteiger partial charge in [-0.05, 0) is 19.3 Å². The van der Waals surface area contributed by atoms with Crippen molar-refractivity contribution in [1.82, 2.24) is 4.90 Å². The van der Waals surface area contributed by atoms with Gasteiger partial charge in [0.15, 0.2) is 0 Å². The van der Waals surface area contributed by atoms with Crippen LogP contribution in [0.25, 0.3) is 0 Å². The molecule has 2 heterocycles. The van der Waals surface area contributed by atoms with Gasteiger partial charge in [0, 0.05) is 12.8 Å². The van der Waals surface area contributed by atoms with E-state index in [0.29, 0.717) is 0 Å². The summed E-state index contributed by atoms with van der Waals surface area (Å²) in [7, 11) is 1.46. The summed E-state index contributed by atoms with van der Waals surface area (Å²) in [4.78, 5) is 13.4. The molecule has 6 heteroatoms.